The number of hydrogen-bond donors (Lipinski definition) is 0. The van der Waals surface area contributed by atoms with Crippen LogP contribution in [0.15, 0.2) is 47.4 Å². The molecule has 3 nitrogen and oxygen atoms in total. The van der Waals surface area contributed by atoms with Gasteiger partial charge in [0.1, 0.15) is 5.82 Å². The molecule has 104 valence electrons. The Bertz CT molecular complexity index is 762. The molecule has 0 saturated heterocycles. The molecule has 2 aromatic rings. The zero-order chi connectivity index (χ0) is 14.9. The first kappa shape index (κ1) is 14.4. The highest BCUT2D eigenvalue weighted by atomic mass is 32.2. The van der Waals surface area contributed by atoms with E-state index in [1.54, 1.807) is 6.92 Å². The van der Waals surface area contributed by atoms with Crippen molar-refractivity contribution < 1.29 is 17.6 Å². The van der Waals surface area contributed by atoms with Gasteiger partial charge in [0.15, 0.2) is 15.6 Å². The molecule has 0 N–H and O–H groups in total. The van der Waals surface area contributed by atoms with Crippen molar-refractivity contribution in [2.45, 2.75) is 11.8 Å². The van der Waals surface area contributed by atoms with Crippen molar-refractivity contribution in [1.82, 2.24) is 0 Å². The maximum Gasteiger partial charge on any atom is 0.193 e. The molecule has 0 aromatic heterocycles. The van der Waals surface area contributed by atoms with E-state index in [0.717, 1.165) is 6.26 Å². The third kappa shape index (κ3) is 2.93. The quantitative estimate of drug-likeness (QED) is 0.817. The maximum atomic E-state index is 13.2. The van der Waals surface area contributed by atoms with E-state index in [9.17, 15) is 17.6 Å². The molecule has 0 amide bonds. The smallest absolute Gasteiger partial charge is 0.193 e. The van der Waals surface area contributed by atoms with Crippen molar-refractivity contribution in [2.24, 2.45) is 0 Å². The molecule has 2 rings (SSSR count). The van der Waals surface area contributed by atoms with Gasteiger partial charge in [-0.3, -0.25) is 4.79 Å². The summed E-state index contributed by atoms with van der Waals surface area (Å²) >= 11 is 0. The molecule has 0 heterocycles. The molecular formula is C15H13FO3S. The molecule has 5 heteroatoms. The number of carbonyl (C=O) groups excluding carboxylic acids is 1. The van der Waals surface area contributed by atoms with Crippen molar-refractivity contribution >= 4 is 15.6 Å². The van der Waals surface area contributed by atoms with Crippen LogP contribution in [0.1, 0.15) is 21.5 Å². The number of ketones is 1. The fourth-order valence-corrected chi connectivity index (χ4v) is 2.48. The summed E-state index contributed by atoms with van der Waals surface area (Å²) in [6.45, 7) is 1.72. The molecule has 0 aliphatic heterocycles. The van der Waals surface area contributed by atoms with E-state index in [-0.39, 0.29) is 16.2 Å². The molecular weight excluding hydrogens is 279 g/mol. The summed E-state index contributed by atoms with van der Waals surface area (Å²) in [5.74, 6) is -0.811. The summed E-state index contributed by atoms with van der Waals surface area (Å²) in [7, 11) is -3.30. The van der Waals surface area contributed by atoms with Gasteiger partial charge in [-0.15, -0.1) is 0 Å². The van der Waals surface area contributed by atoms with Gasteiger partial charge >= 0.3 is 0 Å². The second-order valence-electron chi connectivity index (χ2n) is 4.58. The normalized spacial score (nSPS) is 11.3. The molecule has 0 spiro atoms. The molecule has 0 fully saturated rings. The van der Waals surface area contributed by atoms with E-state index in [4.69, 9.17) is 0 Å². The standard InChI is InChI=1S/C15H13FO3S/c1-10-3-6-12(16)9-14(10)15(17)11-4-7-13(8-5-11)20(2,18)19/h3-9H,1-2H3. The average Bonchev–Trinajstić information content (AvgIpc) is 2.40. The minimum Gasteiger partial charge on any atom is -0.289 e. The summed E-state index contributed by atoms with van der Waals surface area (Å²) in [6.07, 6.45) is 1.10. The van der Waals surface area contributed by atoms with Crippen LogP contribution in [0.25, 0.3) is 0 Å². The van der Waals surface area contributed by atoms with Crippen molar-refractivity contribution in [1.29, 1.82) is 0 Å². The lowest BCUT2D eigenvalue weighted by Gasteiger charge is -2.06. The zero-order valence-corrected chi connectivity index (χ0v) is 11.9. The second-order valence-corrected chi connectivity index (χ2v) is 6.60. The summed E-state index contributed by atoms with van der Waals surface area (Å²) < 4.78 is 35.9. The first-order chi connectivity index (χ1) is 9.29. The highest BCUT2D eigenvalue weighted by Gasteiger charge is 2.14. The lowest BCUT2D eigenvalue weighted by molar-refractivity contribution is 0.103. The van der Waals surface area contributed by atoms with Crippen molar-refractivity contribution in [3.63, 3.8) is 0 Å². The summed E-state index contributed by atoms with van der Waals surface area (Å²) in [4.78, 5) is 12.4. The van der Waals surface area contributed by atoms with Gasteiger partial charge in [0.2, 0.25) is 0 Å². The first-order valence-corrected chi connectivity index (χ1v) is 7.79. The Labute approximate surface area is 117 Å². The first-order valence-electron chi connectivity index (χ1n) is 5.90. The fourth-order valence-electron chi connectivity index (χ4n) is 1.85. The minimum absolute atomic E-state index is 0.144. The Balaban J connectivity index is 2.42. The summed E-state index contributed by atoms with van der Waals surface area (Å²) in [5.41, 5.74) is 1.27. The number of halogens is 1. The Morgan fingerprint density at radius 2 is 1.65 bits per heavy atom. The SMILES string of the molecule is Cc1ccc(F)cc1C(=O)c1ccc(S(C)(=O)=O)cc1. The van der Waals surface area contributed by atoms with Crippen molar-refractivity contribution in [3.8, 4) is 0 Å². The fraction of sp³-hybridized carbons (Fsp3) is 0.133. The van der Waals surface area contributed by atoms with Gasteiger partial charge in [-0.05, 0) is 48.9 Å². The molecule has 0 saturated carbocycles. The van der Waals surface area contributed by atoms with Crippen LogP contribution in [0.3, 0.4) is 0 Å². The number of sulfone groups is 1. The Hall–Kier alpha value is -2.01. The number of rotatable bonds is 3. The van der Waals surface area contributed by atoms with Crippen LogP contribution < -0.4 is 0 Å². The Kier molecular flexibility index (Phi) is 3.72. The van der Waals surface area contributed by atoms with Gasteiger partial charge in [0.05, 0.1) is 4.90 Å². The number of hydrogen-bond acceptors (Lipinski definition) is 3. The number of carbonyl (C=O) groups is 1. The topological polar surface area (TPSA) is 51.2 Å². The van der Waals surface area contributed by atoms with E-state index < -0.39 is 15.7 Å². The zero-order valence-electron chi connectivity index (χ0n) is 11.1. The van der Waals surface area contributed by atoms with Gasteiger partial charge in [-0.25, -0.2) is 12.8 Å². The van der Waals surface area contributed by atoms with E-state index in [1.165, 1.54) is 42.5 Å². The third-order valence-electron chi connectivity index (χ3n) is 2.99. The van der Waals surface area contributed by atoms with Crippen LogP contribution in [0.2, 0.25) is 0 Å². The van der Waals surface area contributed by atoms with Gasteiger partial charge in [-0.1, -0.05) is 6.07 Å². The van der Waals surface area contributed by atoms with Crippen LogP contribution in [0.5, 0.6) is 0 Å². The summed E-state index contributed by atoms with van der Waals surface area (Å²) in [5, 5.41) is 0. The van der Waals surface area contributed by atoms with Crippen LogP contribution in [0.4, 0.5) is 4.39 Å². The van der Waals surface area contributed by atoms with Crippen LogP contribution >= 0.6 is 0 Å². The molecule has 0 bridgehead atoms. The van der Waals surface area contributed by atoms with Gasteiger partial charge in [0, 0.05) is 17.4 Å². The highest BCUT2D eigenvalue weighted by Crippen LogP contribution is 2.17. The van der Waals surface area contributed by atoms with E-state index in [1.807, 2.05) is 0 Å². The molecule has 20 heavy (non-hydrogen) atoms. The largest absolute Gasteiger partial charge is 0.289 e. The lowest BCUT2D eigenvalue weighted by atomic mass is 9.99. The number of benzene rings is 2. The molecule has 0 aliphatic rings. The molecule has 2 aromatic carbocycles. The van der Waals surface area contributed by atoms with Crippen LogP contribution in [0, 0.1) is 12.7 Å². The lowest BCUT2D eigenvalue weighted by Crippen LogP contribution is -2.05. The number of aryl methyl sites for hydroxylation is 1. The predicted octanol–water partition coefficient (Wildman–Crippen LogP) is 2.77. The maximum absolute atomic E-state index is 13.2. The predicted molar refractivity (Wildman–Crippen MR) is 74.1 cm³/mol. The van der Waals surface area contributed by atoms with Crippen LogP contribution in [-0.2, 0) is 9.84 Å². The molecule has 0 radical (unpaired) electrons. The van der Waals surface area contributed by atoms with Gasteiger partial charge < -0.3 is 0 Å². The van der Waals surface area contributed by atoms with Crippen LogP contribution in [-0.4, -0.2) is 20.5 Å². The molecule has 0 aliphatic carbocycles. The Morgan fingerprint density at radius 3 is 2.20 bits per heavy atom. The van der Waals surface area contributed by atoms with Crippen molar-refractivity contribution in [2.75, 3.05) is 6.26 Å². The molecule has 0 unspecified atom stereocenters. The summed E-state index contributed by atoms with van der Waals surface area (Å²) in [6, 6.07) is 9.62. The average molecular weight is 292 g/mol. The molecule has 0 atom stereocenters. The highest BCUT2D eigenvalue weighted by molar-refractivity contribution is 7.90. The van der Waals surface area contributed by atoms with Crippen molar-refractivity contribution in [3.05, 3.63) is 65.0 Å². The Morgan fingerprint density at radius 1 is 1.05 bits per heavy atom. The van der Waals surface area contributed by atoms with E-state index >= 15 is 0 Å². The monoisotopic (exact) mass is 292 g/mol. The van der Waals surface area contributed by atoms with E-state index in [0.29, 0.717) is 11.1 Å². The second kappa shape index (κ2) is 5.17. The van der Waals surface area contributed by atoms with E-state index in [2.05, 4.69) is 0 Å². The van der Waals surface area contributed by atoms with Gasteiger partial charge in [0.25, 0.3) is 0 Å². The third-order valence-corrected chi connectivity index (χ3v) is 4.12. The minimum atomic E-state index is -3.30. The van der Waals surface area contributed by atoms with Gasteiger partial charge in [-0.2, -0.15) is 0 Å².